The van der Waals surface area contributed by atoms with Crippen LogP contribution in [0.25, 0.3) is 0 Å². The average molecular weight is 278 g/mol. The van der Waals surface area contributed by atoms with Gasteiger partial charge >= 0.3 is 0 Å². The van der Waals surface area contributed by atoms with Gasteiger partial charge in [0.15, 0.2) is 0 Å². The van der Waals surface area contributed by atoms with Crippen LogP contribution in [-0.2, 0) is 0 Å². The van der Waals surface area contributed by atoms with Crippen molar-refractivity contribution in [2.24, 2.45) is 0 Å². The molecule has 1 aromatic carbocycles. The van der Waals surface area contributed by atoms with Crippen LogP contribution in [0, 0.1) is 5.82 Å². The maximum atomic E-state index is 13.7. The second-order valence-electron chi connectivity index (χ2n) is 4.64. The van der Waals surface area contributed by atoms with E-state index in [9.17, 15) is 9.18 Å². The molecule has 0 atom stereocenters. The summed E-state index contributed by atoms with van der Waals surface area (Å²) < 4.78 is 18.7. The van der Waals surface area contributed by atoms with Gasteiger partial charge in [-0.15, -0.1) is 0 Å². The van der Waals surface area contributed by atoms with Crippen LogP contribution in [0.5, 0.6) is 5.75 Å². The maximum absolute atomic E-state index is 13.7. The summed E-state index contributed by atoms with van der Waals surface area (Å²) in [5, 5.41) is 5.97. The number of carbonyl (C=O) groups excluding carboxylic acids is 1. The van der Waals surface area contributed by atoms with Gasteiger partial charge in [0.2, 0.25) is 0 Å². The van der Waals surface area contributed by atoms with Crippen molar-refractivity contribution in [3.63, 3.8) is 0 Å². The molecule has 1 aliphatic heterocycles. The third kappa shape index (κ3) is 3.57. The maximum Gasteiger partial charge on any atom is 0.258 e. The second kappa shape index (κ2) is 7.05. The number of methoxy groups -OCH3 is 1. The van der Waals surface area contributed by atoms with E-state index in [1.807, 2.05) is 0 Å². The topological polar surface area (TPSA) is 50.4 Å². The molecular formula is C15H19FN2O2. The number of carbonyl (C=O) groups is 1. The van der Waals surface area contributed by atoms with E-state index >= 15 is 0 Å². The van der Waals surface area contributed by atoms with Crippen molar-refractivity contribution < 1.29 is 13.9 Å². The number of nitrogens with one attached hydrogen (secondary N) is 2. The predicted octanol–water partition coefficient (Wildman–Crippen LogP) is 1.87. The van der Waals surface area contributed by atoms with Gasteiger partial charge in [0.25, 0.3) is 5.91 Å². The van der Waals surface area contributed by atoms with Crippen LogP contribution in [0.15, 0.2) is 29.8 Å². The number of rotatable bonds is 5. The molecule has 1 heterocycles. The van der Waals surface area contributed by atoms with Crippen LogP contribution in [-0.4, -0.2) is 32.7 Å². The largest absolute Gasteiger partial charge is 0.496 e. The van der Waals surface area contributed by atoms with Gasteiger partial charge in [-0.1, -0.05) is 17.7 Å². The molecule has 0 aliphatic carbocycles. The van der Waals surface area contributed by atoms with Gasteiger partial charge in [0, 0.05) is 13.1 Å². The highest BCUT2D eigenvalue weighted by Crippen LogP contribution is 2.20. The zero-order valence-corrected chi connectivity index (χ0v) is 11.5. The minimum Gasteiger partial charge on any atom is -0.496 e. The minimum absolute atomic E-state index is 0.0331. The summed E-state index contributed by atoms with van der Waals surface area (Å²) >= 11 is 0. The van der Waals surface area contributed by atoms with E-state index in [2.05, 4.69) is 16.7 Å². The van der Waals surface area contributed by atoms with Crippen LogP contribution in [0.3, 0.4) is 0 Å². The highest BCUT2D eigenvalue weighted by Gasteiger charge is 2.17. The van der Waals surface area contributed by atoms with E-state index in [0.717, 1.165) is 25.9 Å². The Morgan fingerprint density at radius 3 is 3.05 bits per heavy atom. The SMILES string of the molecule is COc1cccc(F)c1C(=O)NCCC1=CCNCC1. The lowest BCUT2D eigenvalue weighted by atomic mass is 10.1. The van der Waals surface area contributed by atoms with Gasteiger partial charge in [-0.05, 0) is 31.5 Å². The minimum atomic E-state index is -0.567. The fourth-order valence-corrected chi connectivity index (χ4v) is 2.22. The van der Waals surface area contributed by atoms with Gasteiger partial charge in [-0.3, -0.25) is 4.79 Å². The number of halogens is 1. The van der Waals surface area contributed by atoms with Crippen molar-refractivity contribution in [1.29, 1.82) is 0 Å². The lowest BCUT2D eigenvalue weighted by Crippen LogP contribution is -2.27. The average Bonchev–Trinajstić information content (AvgIpc) is 2.47. The Morgan fingerprint density at radius 2 is 2.35 bits per heavy atom. The number of hydrogen-bond donors (Lipinski definition) is 2. The smallest absolute Gasteiger partial charge is 0.258 e. The second-order valence-corrected chi connectivity index (χ2v) is 4.64. The normalized spacial score (nSPS) is 14.6. The summed E-state index contributed by atoms with van der Waals surface area (Å²) in [6.07, 6.45) is 3.93. The Morgan fingerprint density at radius 1 is 1.50 bits per heavy atom. The van der Waals surface area contributed by atoms with Crippen molar-refractivity contribution in [3.05, 3.63) is 41.2 Å². The van der Waals surface area contributed by atoms with Gasteiger partial charge in [0.1, 0.15) is 17.1 Å². The molecule has 5 heteroatoms. The lowest BCUT2D eigenvalue weighted by molar-refractivity contribution is 0.0946. The summed E-state index contributed by atoms with van der Waals surface area (Å²) in [5.41, 5.74) is 1.29. The first-order valence-electron chi connectivity index (χ1n) is 6.71. The van der Waals surface area contributed by atoms with Crippen LogP contribution in [0.1, 0.15) is 23.2 Å². The molecule has 2 N–H and O–H groups in total. The van der Waals surface area contributed by atoms with E-state index in [1.54, 1.807) is 6.07 Å². The summed E-state index contributed by atoms with van der Waals surface area (Å²) in [4.78, 5) is 12.0. The summed E-state index contributed by atoms with van der Waals surface area (Å²) in [7, 11) is 1.42. The quantitative estimate of drug-likeness (QED) is 0.809. The van der Waals surface area contributed by atoms with Crippen molar-refractivity contribution in [2.45, 2.75) is 12.8 Å². The first-order chi connectivity index (χ1) is 9.72. The van der Waals surface area contributed by atoms with Crippen molar-refractivity contribution >= 4 is 5.91 Å². The Hall–Kier alpha value is -1.88. The number of hydrogen-bond acceptors (Lipinski definition) is 3. The molecule has 0 bridgehead atoms. The van der Waals surface area contributed by atoms with E-state index in [0.29, 0.717) is 6.54 Å². The number of ether oxygens (including phenoxy) is 1. The Labute approximate surface area is 118 Å². The Bertz CT molecular complexity index is 515. The van der Waals surface area contributed by atoms with E-state index in [4.69, 9.17) is 4.74 Å². The number of amides is 1. The zero-order chi connectivity index (χ0) is 14.4. The molecule has 4 nitrogen and oxygen atoms in total. The van der Waals surface area contributed by atoms with Crippen LogP contribution in [0.4, 0.5) is 4.39 Å². The first kappa shape index (κ1) is 14.5. The summed E-state index contributed by atoms with van der Waals surface area (Å²) in [6, 6.07) is 4.35. The Kier molecular flexibility index (Phi) is 5.12. The van der Waals surface area contributed by atoms with E-state index < -0.39 is 11.7 Å². The van der Waals surface area contributed by atoms with E-state index in [1.165, 1.54) is 24.8 Å². The highest BCUT2D eigenvalue weighted by atomic mass is 19.1. The van der Waals surface area contributed by atoms with Crippen molar-refractivity contribution in [1.82, 2.24) is 10.6 Å². The molecule has 108 valence electrons. The first-order valence-corrected chi connectivity index (χ1v) is 6.71. The molecule has 20 heavy (non-hydrogen) atoms. The molecule has 0 saturated heterocycles. The molecule has 0 radical (unpaired) electrons. The molecule has 0 fully saturated rings. The van der Waals surface area contributed by atoms with Gasteiger partial charge in [0.05, 0.1) is 7.11 Å². The molecule has 0 spiro atoms. The molecule has 1 aliphatic rings. The van der Waals surface area contributed by atoms with Crippen LogP contribution < -0.4 is 15.4 Å². The standard InChI is InChI=1S/C15H19FN2O2/c1-20-13-4-2-3-12(16)14(13)15(19)18-10-7-11-5-8-17-9-6-11/h2-5,17H,6-10H2,1H3,(H,18,19). The third-order valence-corrected chi connectivity index (χ3v) is 3.31. The molecular weight excluding hydrogens is 259 g/mol. The summed E-state index contributed by atoms with van der Waals surface area (Å²) in [6.45, 7) is 2.35. The predicted molar refractivity (Wildman–Crippen MR) is 75.5 cm³/mol. The van der Waals surface area contributed by atoms with Crippen LogP contribution >= 0.6 is 0 Å². The van der Waals surface area contributed by atoms with Gasteiger partial charge in [-0.25, -0.2) is 4.39 Å². The van der Waals surface area contributed by atoms with Gasteiger partial charge in [-0.2, -0.15) is 0 Å². The third-order valence-electron chi connectivity index (χ3n) is 3.31. The fraction of sp³-hybridized carbons (Fsp3) is 0.400. The summed E-state index contributed by atoms with van der Waals surface area (Å²) in [5.74, 6) is -0.749. The molecule has 0 saturated carbocycles. The van der Waals surface area contributed by atoms with E-state index in [-0.39, 0.29) is 11.3 Å². The number of benzene rings is 1. The lowest BCUT2D eigenvalue weighted by Gasteiger charge is -2.14. The van der Waals surface area contributed by atoms with Crippen LogP contribution in [0.2, 0.25) is 0 Å². The van der Waals surface area contributed by atoms with Crippen molar-refractivity contribution in [2.75, 3.05) is 26.7 Å². The fourth-order valence-electron chi connectivity index (χ4n) is 2.22. The molecule has 0 unspecified atom stereocenters. The van der Waals surface area contributed by atoms with Gasteiger partial charge < -0.3 is 15.4 Å². The Balaban J connectivity index is 1.93. The van der Waals surface area contributed by atoms with Crippen molar-refractivity contribution in [3.8, 4) is 5.75 Å². The highest BCUT2D eigenvalue weighted by molar-refractivity contribution is 5.97. The monoisotopic (exact) mass is 278 g/mol. The molecule has 0 aromatic heterocycles. The molecule has 2 rings (SSSR count). The molecule has 1 amide bonds. The zero-order valence-electron chi connectivity index (χ0n) is 11.5. The molecule has 1 aromatic rings.